The van der Waals surface area contributed by atoms with E-state index in [1.807, 2.05) is 31.2 Å². The monoisotopic (exact) mass is 479 g/mol. The molecule has 3 aromatic rings. The third-order valence-electron chi connectivity index (χ3n) is 5.72. The second-order valence-electron chi connectivity index (χ2n) is 7.95. The minimum Gasteiger partial charge on any atom is -0.396 e. The number of anilines is 2. The van der Waals surface area contributed by atoms with Gasteiger partial charge in [0, 0.05) is 26.2 Å². The van der Waals surface area contributed by atoms with E-state index in [0.29, 0.717) is 23.5 Å². The van der Waals surface area contributed by atoms with Gasteiger partial charge in [0.1, 0.15) is 22.1 Å². The molecule has 32 heavy (non-hydrogen) atoms. The largest absolute Gasteiger partial charge is 0.396 e. The van der Waals surface area contributed by atoms with Crippen molar-refractivity contribution >= 4 is 44.9 Å². The quantitative estimate of drug-likeness (QED) is 0.244. The summed E-state index contributed by atoms with van der Waals surface area (Å²) in [5, 5.41) is 38.0. The SMILES string of the molecule is CO[C@H](C)CNc1nc(Cl)c(-c2nc3ccccc3s2)c(N[C@@]2(O)CC[C@H](CO)[C@H]2O)n1. The molecule has 4 atom stereocenters. The highest BCUT2D eigenvalue weighted by molar-refractivity contribution is 7.21. The molecule has 0 spiro atoms. The molecule has 0 bridgehead atoms. The van der Waals surface area contributed by atoms with Gasteiger partial charge in [0.25, 0.3) is 0 Å². The van der Waals surface area contributed by atoms with Gasteiger partial charge in [0.15, 0.2) is 5.72 Å². The van der Waals surface area contributed by atoms with Gasteiger partial charge in [-0.3, -0.25) is 0 Å². The van der Waals surface area contributed by atoms with Crippen LogP contribution in [0, 0.1) is 5.92 Å². The number of fused-ring (bicyclic) bond motifs is 1. The summed E-state index contributed by atoms with van der Waals surface area (Å²) in [6.45, 7) is 2.13. The van der Waals surface area contributed by atoms with Crippen molar-refractivity contribution in [3.8, 4) is 10.6 Å². The molecule has 9 nitrogen and oxygen atoms in total. The van der Waals surface area contributed by atoms with Crippen LogP contribution >= 0.6 is 22.9 Å². The number of nitrogens with zero attached hydrogens (tertiary/aromatic N) is 3. The third-order valence-corrected chi connectivity index (χ3v) is 7.05. The lowest BCUT2D eigenvalue weighted by Crippen LogP contribution is -2.48. The van der Waals surface area contributed by atoms with Crippen molar-refractivity contribution in [2.75, 3.05) is 30.9 Å². The minimum absolute atomic E-state index is 0.0797. The number of hydrogen-bond acceptors (Lipinski definition) is 10. The Morgan fingerprint density at radius 3 is 2.78 bits per heavy atom. The van der Waals surface area contributed by atoms with Crippen LogP contribution in [0.25, 0.3) is 20.8 Å². The second kappa shape index (κ2) is 9.42. The van der Waals surface area contributed by atoms with Gasteiger partial charge in [-0.1, -0.05) is 23.7 Å². The van der Waals surface area contributed by atoms with Crippen molar-refractivity contribution in [1.82, 2.24) is 15.0 Å². The predicted octanol–water partition coefficient (Wildman–Crippen LogP) is 2.72. The highest BCUT2D eigenvalue weighted by atomic mass is 35.5. The molecule has 1 aliphatic carbocycles. The Morgan fingerprint density at radius 1 is 1.31 bits per heavy atom. The van der Waals surface area contributed by atoms with Crippen LogP contribution in [0.1, 0.15) is 19.8 Å². The molecule has 0 unspecified atom stereocenters. The summed E-state index contributed by atoms with van der Waals surface area (Å²) >= 11 is 8.02. The van der Waals surface area contributed by atoms with Gasteiger partial charge < -0.3 is 30.7 Å². The highest BCUT2D eigenvalue weighted by Crippen LogP contribution is 2.42. The van der Waals surface area contributed by atoms with E-state index in [1.165, 1.54) is 11.3 Å². The Kier molecular flexibility index (Phi) is 6.80. The molecular formula is C21H26ClN5O4S. The van der Waals surface area contributed by atoms with Gasteiger partial charge in [-0.2, -0.15) is 4.98 Å². The number of nitrogens with one attached hydrogen (secondary N) is 2. The average molecular weight is 480 g/mol. The Hall–Kier alpha value is -2.08. The van der Waals surface area contributed by atoms with Crippen LogP contribution in [0.3, 0.4) is 0 Å². The first kappa shape index (κ1) is 23.1. The van der Waals surface area contributed by atoms with Crippen LogP contribution < -0.4 is 10.6 Å². The van der Waals surface area contributed by atoms with E-state index >= 15 is 0 Å². The smallest absolute Gasteiger partial charge is 0.226 e. The number of hydrogen-bond donors (Lipinski definition) is 5. The van der Waals surface area contributed by atoms with Crippen LogP contribution in [-0.2, 0) is 4.74 Å². The third kappa shape index (κ3) is 4.52. The summed E-state index contributed by atoms with van der Waals surface area (Å²) in [7, 11) is 1.61. The van der Waals surface area contributed by atoms with Crippen molar-refractivity contribution in [2.45, 2.75) is 37.7 Å². The maximum Gasteiger partial charge on any atom is 0.226 e. The fourth-order valence-electron chi connectivity index (χ4n) is 3.72. The molecule has 1 aliphatic rings. The van der Waals surface area contributed by atoms with Crippen molar-refractivity contribution < 1.29 is 20.1 Å². The molecule has 0 amide bonds. The van der Waals surface area contributed by atoms with Crippen LogP contribution in [0.15, 0.2) is 24.3 Å². The van der Waals surface area contributed by atoms with Crippen LogP contribution in [0.5, 0.6) is 0 Å². The number of methoxy groups -OCH3 is 1. The molecule has 0 saturated heterocycles. The van der Waals surface area contributed by atoms with Gasteiger partial charge in [0.2, 0.25) is 5.95 Å². The number of halogens is 1. The Morgan fingerprint density at radius 2 is 2.09 bits per heavy atom. The molecule has 1 aromatic carbocycles. The summed E-state index contributed by atoms with van der Waals surface area (Å²) in [6.07, 6.45) is -0.547. The zero-order valence-electron chi connectivity index (χ0n) is 17.7. The number of ether oxygens (including phenoxy) is 1. The van der Waals surface area contributed by atoms with Crippen LogP contribution in [-0.4, -0.2) is 68.5 Å². The van der Waals surface area contributed by atoms with E-state index < -0.39 is 17.7 Å². The number of rotatable bonds is 8. The first-order valence-corrected chi connectivity index (χ1v) is 11.5. The lowest BCUT2D eigenvalue weighted by Gasteiger charge is -2.30. The summed E-state index contributed by atoms with van der Waals surface area (Å²) in [5.41, 5.74) is -0.426. The maximum absolute atomic E-state index is 11.1. The van der Waals surface area contributed by atoms with Gasteiger partial charge in [-0.05, 0) is 31.9 Å². The first-order valence-electron chi connectivity index (χ1n) is 10.3. The Bertz CT molecular complexity index is 1070. The molecule has 1 fully saturated rings. The first-order chi connectivity index (χ1) is 15.3. The van der Waals surface area contributed by atoms with Crippen molar-refractivity contribution in [2.24, 2.45) is 5.92 Å². The number of thiazole rings is 1. The number of aliphatic hydroxyl groups excluding tert-OH is 2. The van der Waals surface area contributed by atoms with Crippen LogP contribution in [0.4, 0.5) is 11.8 Å². The van der Waals surface area contributed by atoms with Gasteiger partial charge in [-0.15, -0.1) is 11.3 Å². The molecule has 2 heterocycles. The van der Waals surface area contributed by atoms with Gasteiger partial charge >= 0.3 is 0 Å². The summed E-state index contributed by atoms with van der Waals surface area (Å²) in [6, 6.07) is 7.69. The fraction of sp³-hybridized carbons (Fsp3) is 0.476. The minimum atomic E-state index is -1.67. The standard InChI is InChI=1S/C21H26ClN5O4S/c1-11(31-2)9-23-20-25-17(22)15(19-24-13-5-3-4-6-14(13)32-19)18(26-20)27-21(30)8-7-12(10-28)16(21)29/h3-6,11-12,16,28-30H,7-10H2,1-2H3,(H2,23,25,26,27)/t11-,12-,16-,21-/m1/s1. The van der Waals surface area contributed by atoms with E-state index in [1.54, 1.807) is 7.11 Å². The summed E-state index contributed by atoms with van der Waals surface area (Å²) in [5.74, 6) is 0.0636. The molecule has 4 rings (SSSR count). The molecule has 5 N–H and O–H groups in total. The lowest BCUT2D eigenvalue weighted by molar-refractivity contribution is -0.0545. The number of para-hydroxylation sites is 1. The highest BCUT2D eigenvalue weighted by Gasteiger charge is 2.47. The van der Waals surface area contributed by atoms with E-state index in [0.717, 1.165) is 10.2 Å². The van der Waals surface area contributed by atoms with E-state index in [4.69, 9.17) is 16.3 Å². The Labute approximate surface area is 194 Å². The van der Waals surface area contributed by atoms with Crippen molar-refractivity contribution in [3.63, 3.8) is 0 Å². The predicted molar refractivity (Wildman–Crippen MR) is 125 cm³/mol. The molecular weight excluding hydrogens is 454 g/mol. The normalized spacial score (nSPS) is 24.1. The number of benzene rings is 1. The maximum atomic E-state index is 11.1. The second-order valence-corrected chi connectivity index (χ2v) is 9.34. The van der Waals surface area contributed by atoms with E-state index in [2.05, 4.69) is 25.6 Å². The van der Waals surface area contributed by atoms with Crippen molar-refractivity contribution in [1.29, 1.82) is 0 Å². The van der Waals surface area contributed by atoms with E-state index in [-0.39, 0.29) is 36.1 Å². The summed E-state index contributed by atoms with van der Waals surface area (Å²) in [4.78, 5) is 13.6. The summed E-state index contributed by atoms with van der Waals surface area (Å²) < 4.78 is 6.22. The van der Waals surface area contributed by atoms with Gasteiger partial charge in [0.05, 0.1) is 21.9 Å². The van der Waals surface area contributed by atoms with E-state index in [9.17, 15) is 15.3 Å². The zero-order chi connectivity index (χ0) is 22.9. The molecule has 11 heteroatoms. The topological polar surface area (TPSA) is 133 Å². The number of aromatic nitrogens is 3. The van der Waals surface area contributed by atoms with Gasteiger partial charge in [-0.25, -0.2) is 9.97 Å². The average Bonchev–Trinajstić information content (AvgIpc) is 3.32. The fourth-order valence-corrected chi connectivity index (χ4v) is 5.05. The number of aliphatic hydroxyl groups is 3. The molecule has 2 aromatic heterocycles. The zero-order valence-corrected chi connectivity index (χ0v) is 19.3. The molecule has 172 valence electrons. The molecule has 0 radical (unpaired) electrons. The molecule has 1 saturated carbocycles. The van der Waals surface area contributed by atoms with Crippen LogP contribution in [0.2, 0.25) is 5.15 Å². The van der Waals surface area contributed by atoms with Crippen molar-refractivity contribution in [3.05, 3.63) is 29.4 Å². The molecule has 0 aliphatic heterocycles. The lowest BCUT2D eigenvalue weighted by atomic mass is 10.0. The Balaban J connectivity index is 1.76.